The zero-order chi connectivity index (χ0) is 13.7. The molecule has 1 aromatic heterocycles. The number of hydrogen-bond acceptors (Lipinski definition) is 3. The van der Waals surface area contributed by atoms with Crippen LogP contribution in [0.15, 0.2) is 12.4 Å². The Labute approximate surface area is 117 Å². The largest absolute Gasteiger partial charge is 0.465 e. The van der Waals surface area contributed by atoms with Crippen molar-refractivity contribution < 1.29 is 14.6 Å². The summed E-state index contributed by atoms with van der Waals surface area (Å²) in [6, 6.07) is 0. The molecule has 3 fully saturated rings. The van der Waals surface area contributed by atoms with Crippen LogP contribution in [0.1, 0.15) is 37.5 Å². The van der Waals surface area contributed by atoms with Gasteiger partial charge in [-0.15, -0.1) is 0 Å². The van der Waals surface area contributed by atoms with Gasteiger partial charge in [-0.1, -0.05) is 0 Å². The van der Waals surface area contributed by atoms with Crippen LogP contribution in [0, 0.1) is 5.92 Å². The lowest BCUT2D eigenvalue weighted by Crippen LogP contribution is -2.31. The summed E-state index contributed by atoms with van der Waals surface area (Å²) in [5, 5.41) is 13.6. The van der Waals surface area contributed by atoms with E-state index >= 15 is 0 Å². The molecule has 3 aliphatic rings. The van der Waals surface area contributed by atoms with E-state index in [2.05, 4.69) is 11.3 Å². The summed E-state index contributed by atoms with van der Waals surface area (Å²) in [4.78, 5) is 12.6. The minimum absolute atomic E-state index is 0.0330. The van der Waals surface area contributed by atoms with E-state index in [1.807, 2.05) is 10.9 Å². The van der Waals surface area contributed by atoms with Gasteiger partial charge in [-0.25, -0.2) is 9.48 Å². The van der Waals surface area contributed by atoms with Gasteiger partial charge in [0.2, 0.25) is 0 Å². The van der Waals surface area contributed by atoms with E-state index in [1.54, 1.807) is 0 Å². The average molecular weight is 277 g/mol. The second-order valence-electron chi connectivity index (χ2n) is 6.25. The molecule has 20 heavy (non-hydrogen) atoms. The molecular weight excluding hydrogens is 258 g/mol. The molecule has 1 saturated carbocycles. The fourth-order valence-corrected chi connectivity index (χ4v) is 3.76. The Kier molecular flexibility index (Phi) is 2.57. The fourth-order valence-electron chi connectivity index (χ4n) is 3.76. The van der Waals surface area contributed by atoms with Crippen LogP contribution in [-0.2, 0) is 10.2 Å². The minimum Gasteiger partial charge on any atom is -0.465 e. The maximum absolute atomic E-state index is 11.1. The first kappa shape index (κ1) is 12.2. The number of carboxylic acid groups (broad SMARTS) is 1. The molecule has 1 aromatic rings. The minimum atomic E-state index is -0.806. The van der Waals surface area contributed by atoms with Crippen LogP contribution >= 0.6 is 0 Å². The highest BCUT2D eigenvalue weighted by Crippen LogP contribution is 2.59. The zero-order valence-corrected chi connectivity index (χ0v) is 11.4. The van der Waals surface area contributed by atoms with Gasteiger partial charge in [0.15, 0.2) is 0 Å². The van der Waals surface area contributed by atoms with Gasteiger partial charge < -0.3 is 14.7 Å². The fraction of sp³-hybridized carbons (Fsp3) is 0.714. The highest BCUT2D eigenvalue weighted by atomic mass is 16.5. The zero-order valence-electron chi connectivity index (χ0n) is 11.4. The predicted octanol–water partition coefficient (Wildman–Crippen LogP) is 1.83. The quantitative estimate of drug-likeness (QED) is 0.895. The monoisotopic (exact) mass is 277 g/mol. The number of aromatic nitrogens is 2. The standard InChI is InChI=1S/C14H19N3O3/c18-13(19)16-7-10-5-14(10,9-16)11-6-15-17(8-11)12-3-1-2-4-20-12/h6,8,10,12H,1-5,7,9H2,(H,18,19). The molecule has 4 rings (SSSR count). The number of amides is 1. The number of ether oxygens (including phenoxy) is 1. The molecule has 3 atom stereocenters. The topological polar surface area (TPSA) is 67.6 Å². The van der Waals surface area contributed by atoms with E-state index in [9.17, 15) is 4.79 Å². The van der Waals surface area contributed by atoms with Crippen LogP contribution in [0.2, 0.25) is 0 Å². The number of nitrogens with zero attached hydrogens (tertiary/aromatic N) is 3. The van der Waals surface area contributed by atoms with Gasteiger partial charge in [0.25, 0.3) is 0 Å². The number of rotatable bonds is 2. The van der Waals surface area contributed by atoms with E-state index in [0.29, 0.717) is 19.0 Å². The maximum Gasteiger partial charge on any atom is 0.407 e. The van der Waals surface area contributed by atoms with Crippen molar-refractivity contribution in [2.75, 3.05) is 19.7 Å². The molecule has 0 bridgehead atoms. The molecule has 0 radical (unpaired) electrons. The van der Waals surface area contributed by atoms with Crippen LogP contribution < -0.4 is 0 Å². The molecule has 3 unspecified atom stereocenters. The summed E-state index contributed by atoms with van der Waals surface area (Å²) in [6.45, 7) is 2.09. The molecule has 1 aliphatic carbocycles. The van der Waals surface area contributed by atoms with Crippen molar-refractivity contribution in [2.24, 2.45) is 5.92 Å². The van der Waals surface area contributed by atoms with E-state index in [4.69, 9.17) is 9.84 Å². The molecule has 2 saturated heterocycles. The third-order valence-corrected chi connectivity index (χ3v) is 5.04. The molecule has 3 heterocycles. The summed E-state index contributed by atoms with van der Waals surface area (Å²) in [6.07, 6.45) is 7.64. The Balaban J connectivity index is 1.53. The van der Waals surface area contributed by atoms with Crippen LogP contribution in [0.5, 0.6) is 0 Å². The van der Waals surface area contributed by atoms with E-state index < -0.39 is 6.09 Å². The molecule has 6 heteroatoms. The second kappa shape index (κ2) is 4.22. The summed E-state index contributed by atoms with van der Waals surface area (Å²) in [5.74, 6) is 0.475. The lowest BCUT2D eigenvalue weighted by molar-refractivity contribution is -0.0395. The smallest absolute Gasteiger partial charge is 0.407 e. The van der Waals surface area contributed by atoms with Crippen molar-refractivity contribution in [3.05, 3.63) is 18.0 Å². The molecule has 1 amide bonds. The Morgan fingerprint density at radius 3 is 3.10 bits per heavy atom. The van der Waals surface area contributed by atoms with Crippen LogP contribution in [0.3, 0.4) is 0 Å². The number of fused-ring (bicyclic) bond motifs is 1. The second-order valence-corrected chi connectivity index (χ2v) is 6.25. The summed E-state index contributed by atoms with van der Waals surface area (Å²) in [5.41, 5.74) is 1.21. The third kappa shape index (κ3) is 1.74. The van der Waals surface area contributed by atoms with E-state index in [0.717, 1.165) is 25.9 Å². The summed E-state index contributed by atoms with van der Waals surface area (Å²) >= 11 is 0. The molecule has 0 aromatic carbocycles. The highest BCUT2D eigenvalue weighted by molar-refractivity contribution is 5.66. The van der Waals surface area contributed by atoms with Gasteiger partial charge in [-0.2, -0.15) is 5.10 Å². The number of piperidine rings is 1. The van der Waals surface area contributed by atoms with Gasteiger partial charge in [0, 0.05) is 31.3 Å². The Morgan fingerprint density at radius 1 is 1.50 bits per heavy atom. The number of hydrogen-bond donors (Lipinski definition) is 1. The third-order valence-electron chi connectivity index (χ3n) is 5.04. The summed E-state index contributed by atoms with van der Waals surface area (Å²) < 4.78 is 7.66. The van der Waals surface area contributed by atoms with Crippen LogP contribution in [-0.4, -0.2) is 45.6 Å². The highest BCUT2D eigenvalue weighted by Gasteiger charge is 2.62. The first-order valence-corrected chi connectivity index (χ1v) is 7.33. The normalized spacial score (nSPS) is 35.9. The van der Waals surface area contributed by atoms with Crippen molar-refractivity contribution in [2.45, 2.75) is 37.3 Å². The van der Waals surface area contributed by atoms with E-state index in [-0.39, 0.29) is 11.6 Å². The molecule has 1 N–H and O–H groups in total. The Morgan fingerprint density at radius 2 is 2.40 bits per heavy atom. The van der Waals surface area contributed by atoms with Gasteiger partial charge in [-0.05, 0) is 37.2 Å². The Bertz CT molecular complexity index is 538. The van der Waals surface area contributed by atoms with Crippen molar-refractivity contribution in [3.8, 4) is 0 Å². The molecule has 108 valence electrons. The number of likely N-dealkylation sites (tertiary alicyclic amines) is 1. The Hall–Kier alpha value is -1.56. The SMILES string of the molecule is O=C(O)N1CC2CC2(c2cnn(C3CCCCO3)c2)C1. The van der Waals surface area contributed by atoms with Gasteiger partial charge in [0.05, 0.1) is 6.20 Å². The lowest BCUT2D eigenvalue weighted by Gasteiger charge is -2.22. The first-order valence-electron chi connectivity index (χ1n) is 7.33. The van der Waals surface area contributed by atoms with Gasteiger partial charge in [0.1, 0.15) is 6.23 Å². The van der Waals surface area contributed by atoms with Gasteiger partial charge in [-0.3, -0.25) is 0 Å². The molecule has 0 spiro atoms. The molecule has 6 nitrogen and oxygen atoms in total. The van der Waals surface area contributed by atoms with Crippen molar-refractivity contribution in [1.29, 1.82) is 0 Å². The van der Waals surface area contributed by atoms with Crippen molar-refractivity contribution in [3.63, 3.8) is 0 Å². The van der Waals surface area contributed by atoms with Crippen molar-refractivity contribution in [1.82, 2.24) is 14.7 Å². The molecule has 2 aliphatic heterocycles. The maximum atomic E-state index is 11.1. The number of carbonyl (C=O) groups is 1. The first-order chi connectivity index (χ1) is 9.69. The molecular formula is C14H19N3O3. The van der Waals surface area contributed by atoms with Crippen LogP contribution in [0.25, 0.3) is 0 Å². The van der Waals surface area contributed by atoms with Crippen molar-refractivity contribution >= 4 is 6.09 Å². The predicted molar refractivity (Wildman–Crippen MR) is 70.4 cm³/mol. The van der Waals surface area contributed by atoms with E-state index in [1.165, 1.54) is 16.9 Å². The summed E-state index contributed by atoms with van der Waals surface area (Å²) in [7, 11) is 0. The average Bonchev–Trinajstić information content (AvgIpc) is 2.87. The van der Waals surface area contributed by atoms with Gasteiger partial charge >= 0.3 is 6.09 Å². The van der Waals surface area contributed by atoms with Crippen LogP contribution in [0.4, 0.5) is 4.79 Å². The lowest BCUT2D eigenvalue weighted by atomic mass is 9.99.